The molecule has 6 nitrogen and oxygen atoms in total. The van der Waals surface area contributed by atoms with Gasteiger partial charge in [0.1, 0.15) is 5.75 Å². The van der Waals surface area contributed by atoms with Gasteiger partial charge < -0.3 is 14.5 Å². The fraction of sp³-hybridized carbons (Fsp3) is 0.316. The van der Waals surface area contributed by atoms with Crippen molar-refractivity contribution in [3.63, 3.8) is 0 Å². The minimum Gasteiger partial charge on any atom is -0.496 e. The van der Waals surface area contributed by atoms with Crippen LogP contribution in [0, 0.1) is 13.8 Å². The van der Waals surface area contributed by atoms with E-state index in [-0.39, 0.29) is 24.6 Å². The van der Waals surface area contributed by atoms with E-state index in [0.717, 1.165) is 0 Å². The van der Waals surface area contributed by atoms with Crippen molar-refractivity contribution in [2.45, 2.75) is 27.2 Å². The number of nitrogens with one attached hydrogen (secondary N) is 1. The van der Waals surface area contributed by atoms with E-state index in [4.69, 9.17) is 9.47 Å². The van der Waals surface area contributed by atoms with Gasteiger partial charge in [-0.1, -0.05) is 18.2 Å². The second-order valence-electron chi connectivity index (χ2n) is 5.75. The largest absolute Gasteiger partial charge is 0.496 e. The van der Waals surface area contributed by atoms with Crippen LogP contribution in [0.25, 0.3) is 0 Å². The predicted molar refractivity (Wildman–Crippen MR) is 92.3 cm³/mol. The number of benzene rings is 1. The summed E-state index contributed by atoms with van der Waals surface area (Å²) in [5, 5.41) is 0. The number of para-hydroxylation sites is 1. The van der Waals surface area contributed by atoms with Gasteiger partial charge in [-0.3, -0.25) is 14.4 Å². The zero-order chi connectivity index (χ0) is 18.6. The quantitative estimate of drug-likeness (QED) is 0.617. The molecule has 0 bridgehead atoms. The van der Waals surface area contributed by atoms with E-state index in [9.17, 15) is 14.4 Å². The van der Waals surface area contributed by atoms with E-state index in [1.165, 1.54) is 14.0 Å². The van der Waals surface area contributed by atoms with Gasteiger partial charge in [0.05, 0.1) is 19.2 Å². The molecule has 0 aliphatic rings. The number of ketones is 2. The summed E-state index contributed by atoms with van der Waals surface area (Å²) in [7, 11) is 1.52. The summed E-state index contributed by atoms with van der Waals surface area (Å²) < 4.78 is 10.3. The van der Waals surface area contributed by atoms with Crippen LogP contribution in [-0.2, 0) is 16.0 Å². The van der Waals surface area contributed by atoms with Crippen LogP contribution in [0.3, 0.4) is 0 Å². The smallest absolute Gasteiger partial charge is 0.310 e. The van der Waals surface area contributed by atoms with Crippen molar-refractivity contribution in [2.24, 2.45) is 0 Å². The lowest BCUT2D eigenvalue weighted by Gasteiger charge is -2.08. The Bertz CT molecular complexity index is 819. The van der Waals surface area contributed by atoms with Crippen molar-refractivity contribution < 1.29 is 23.9 Å². The van der Waals surface area contributed by atoms with Gasteiger partial charge >= 0.3 is 5.97 Å². The average molecular weight is 343 g/mol. The van der Waals surface area contributed by atoms with E-state index in [1.54, 1.807) is 38.1 Å². The molecule has 132 valence electrons. The highest BCUT2D eigenvalue weighted by molar-refractivity contribution is 6.04. The fourth-order valence-corrected chi connectivity index (χ4v) is 2.83. The summed E-state index contributed by atoms with van der Waals surface area (Å²) in [5.74, 6) is -0.418. The van der Waals surface area contributed by atoms with Crippen molar-refractivity contribution in [2.75, 3.05) is 13.7 Å². The molecule has 2 rings (SSSR count). The van der Waals surface area contributed by atoms with Crippen LogP contribution < -0.4 is 4.74 Å². The number of ether oxygens (including phenoxy) is 2. The number of H-pyrrole nitrogens is 1. The van der Waals surface area contributed by atoms with Crippen molar-refractivity contribution in [1.29, 1.82) is 0 Å². The molecule has 0 aliphatic carbocycles. The van der Waals surface area contributed by atoms with E-state index in [2.05, 4.69) is 4.98 Å². The number of carbonyl (C=O) groups is 3. The van der Waals surface area contributed by atoms with E-state index in [1.807, 2.05) is 0 Å². The molecule has 0 amide bonds. The fourth-order valence-electron chi connectivity index (χ4n) is 2.83. The van der Waals surface area contributed by atoms with Gasteiger partial charge in [-0.05, 0) is 32.4 Å². The normalized spacial score (nSPS) is 10.4. The first-order chi connectivity index (χ1) is 11.8. The topological polar surface area (TPSA) is 85.5 Å². The number of hydrogen-bond donors (Lipinski definition) is 1. The molecule has 1 heterocycles. The molecule has 0 spiro atoms. The maximum atomic E-state index is 12.3. The average Bonchev–Trinajstić information content (AvgIpc) is 2.87. The molecule has 0 fully saturated rings. The molecular weight excluding hydrogens is 322 g/mol. The zero-order valence-electron chi connectivity index (χ0n) is 14.8. The highest BCUT2D eigenvalue weighted by Gasteiger charge is 2.21. The first-order valence-electron chi connectivity index (χ1n) is 7.86. The molecular formula is C19H21NO5. The molecule has 0 aliphatic heterocycles. The first kappa shape index (κ1) is 18.4. The SMILES string of the molecule is COc1ccccc1CC(=O)OCC(=O)c1[nH]c(C)c(C(C)=O)c1C. The van der Waals surface area contributed by atoms with Gasteiger partial charge in [0.25, 0.3) is 0 Å². The number of aryl methyl sites for hydroxylation is 1. The lowest BCUT2D eigenvalue weighted by molar-refractivity contribution is -0.141. The molecule has 0 saturated carbocycles. The highest BCUT2D eigenvalue weighted by atomic mass is 16.5. The summed E-state index contributed by atoms with van der Waals surface area (Å²) in [6.45, 7) is 4.50. The minimum absolute atomic E-state index is 0.0126. The Labute approximate surface area is 146 Å². The van der Waals surface area contributed by atoms with Gasteiger partial charge in [0.15, 0.2) is 12.4 Å². The molecule has 0 atom stereocenters. The molecule has 0 unspecified atom stereocenters. The Kier molecular flexibility index (Phi) is 5.75. The van der Waals surface area contributed by atoms with Crippen LogP contribution in [-0.4, -0.2) is 36.2 Å². The van der Waals surface area contributed by atoms with Crippen molar-refractivity contribution in [3.8, 4) is 5.75 Å². The molecule has 1 aromatic carbocycles. The number of carbonyl (C=O) groups excluding carboxylic acids is 3. The second kappa shape index (κ2) is 7.79. The number of aromatic amines is 1. The minimum atomic E-state index is -0.523. The second-order valence-corrected chi connectivity index (χ2v) is 5.75. The van der Waals surface area contributed by atoms with Crippen LogP contribution in [0.15, 0.2) is 24.3 Å². The molecule has 1 N–H and O–H groups in total. The maximum Gasteiger partial charge on any atom is 0.310 e. The van der Waals surface area contributed by atoms with Crippen molar-refractivity contribution >= 4 is 17.5 Å². The van der Waals surface area contributed by atoms with E-state index >= 15 is 0 Å². The summed E-state index contributed by atoms with van der Waals surface area (Å²) in [6.07, 6.45) is 0.0126. The van der Waals surface area contributed by atoms with E-state index in [0.29, 0.717) is 33.8 Å². The van der Waals surface area contributed by atoms with Crippen molar-refractivity contribution in [1.82, 2.24) is 4.98 Å². The van der Waals surface area contributed by atoms with Crippen LogP contribution in [0.1, 0.15) is 44.6 Å². The predicted octanol–water partition coefficient (Wildman–Crippen LogP) is 2.81. The van der Waals surface area contributed by atoms with Gasteiger partial charge in [-0.2, -0.15) is 0 Å². The van der Waals surface area contributed by atoms with Gasteiger partial charge in [-0.15, -0.1) is 0 Å². The number of Topliss-reactive ketones (excluding diaryl/α,β-unsaturated/α-hetero) is 2. The first-order valence-corrected chi connectivity index (χ1v) is 7.86. The third kappa shape index (κ3) is 4.15. The molecule has 0 radical (unpaired) electrons. The van der Waals surface area contributed by atoms with Crippen LogP contribution in [0.4, 0.5) is 0 Å². The summed E-state index contributed by atoms with van der Waals surface area (Å²) in [5.41, 5.74) is 2.70. The Hall–Kier alpha value is -2.89. The third-order valence-electron chi connectivity index (χ3n) is 3.96. The molecule has 1 aromatic heterocycles. The lowest BCUT2D eigenvalue weighted by atomic mass is 10.1. The van der Waals surface area contributed by atoms with E-state index < -0.39 is 5.97 Å². The monoisotopic (exact) mass is 343 g/mol. The standard InChI is InChI=1S/C19H21NO5/c1-11-18(13(3)21)12(2)20-19(11)15(22)10-25-17(23)9-14-7-5-6-8-16(14)24-4/h5-8,20H,9-10H2,1-4H3. The van der Waals surface area contributed by atoms with Crippen LogP contribution in [0.2, 0.25) is 0 Å². The van der Waals surface area contributed by atoms with Gasteiger partial charge in [-0.25, -0.2) is 0 Å². The number of methoxy groups -OCH3 is 1. The Balaban J connectivity index is 2.02. The van der Waals surface area contributed by atoms with Gasteiger partial charge in [0, 0.05) is 16.8 Å². The molecule has 6 heteroatoms. The Morgan fingerprint density at radius 3 is 2.40 bits per heavy atom. The van der Waals surface area contributed by atoms with Crippen LogP contribution in [0.5, 0.6) is 5.75 Å². The Morgan fingerprint density at radius 1 is 1.12 bits per heavy atom. The highest BCUT2D eigenvalue weighted by Crippen LogP contribution is 2.20. The summed E-state index contributed by atoms with van der Waals surface area (Å²) in [4.78, 5) is 38.8. The molecule has 0 saturated heterocycles. The number of esters is 1. The number of aromatic nitrogens is 1. The summed E-state index contributed by atoms with van der Waals surface area (Å²) in [6, 6.07) is 7.12. The lowest BCUT2D eigenvalue weighted by Crippen LogP contribution is -2.17. The van der Waals surface area contributed by atoms with Crippen molar-refractivity contribution in [3.05, 3.63) is 52.3 Å². The molecule has 25 heavy (non-hydrogen) atoms. The Morgan fingerprint density at radius 2 is 1.80 bits per heavy atom. The van der Waals surface area contributed by atoms with Crippen LogP contribution >= 0.6 is 0 Å². The van der Waals surface area contributed by atoms with Gasteiger partial charge in [0.2, 0.25) is 5.78 Å². The maximum absolute atomic E-state index is 12.3. The number of rotatable bonds is 7. The third-order valence-corrected chi connectivity index (χ3v) is 3.96. The molecule has 2 aromatic rings. The number of hydrogen-bond acceptors (Lipinski definition) is 5. The zero-order valence-corrected chi connectivity index (χ0v) is 14.8. The summed E-state index contributed by atoms with van der Waals surface area (Å²) >= 11 is 0.